The Morgan fingerprint density at radius 1 is 0.528 bits per heavy atom. The summed E-state index contributed by atoms with van der Waals surface area (Å²) in [6.07, 6.45) is 10.7. The lowest BCUT2D eigenvalue weighted by Gasteiger charge is -2.14. The average molecular weight is 507 g/mol. The van der Waals surface area contributed by atoms with Gasteiger partial charge in [0.25, 0.3) is 0 Å². The van der Waals surface area contributed by atoms with Crippen LogP contribution in [0.1, 0.15) is 139 Å². The molecule has 0 amide bonds. The van der Waals surface area contributed by atoms with Crippen LogP contribution in [0.2, 0.25) is 0 Å². The second kappa shape index (κ2) is 18.4. The van der Waals surface area contributed by atoms with Crippen LogP contribution in [0.15, 0.2) is 12.1 Å². The largest absolute Gasteiger partial charge is 0.478 e. The zero-order valence-corrected chi connectivity index (χ0v) is 22.1. The highest BCUT2D eigenvalue weighted by atomic mass is 16.5. The highest BCUT2D eigenvalue weighted by Crippen LogP contribution is 2.22. The fourth-order valence-electron chi connectivity index (χ4n) is 3.60. The van der Waals surface area contributed by atoms with Gasteiger partial charge in [0.15, 0.2) is 0 Å². The second-order valence-corrected chi connectivity index (χ2v) is 8.84. The van der Waals surface area contributed by atoms with Gasteiger partial charge in [0, 0.05) is 0 Å². The SMILES string of the molecule is CCCCCCOC(=O)c1cc(C(=O)OCCCCCC)c(C(=O)OCCCCCC)cc1C(=O)O. The minimum Gasteiger partial charge on any atom is -0.478 e. The fourth-order valence-corrected chi connectivity index (χ4v) is 3.60. The Morgan fingerprint density at radius 2 is 0.833 bits per heavy atom. The van der Waals surface area contributed by atoms with Gasteiger partial charge in [-0.1, -0.05) is 78.6 Å². The smallest absolute Gasteiger partial charge is 0.339 e. The molecule has 0 unspecified atom stereocenters. The van der Waals surface area contributed by atoms with Gasteiger partial charge in [-0.3, -0.25) is 0 Å². The van der Waals surface area contributed by atoms with Crippen molar-refractivity contribution in [3.8, 4) is 0 Å². The van der Waals surface area contributed by atoms with E-state index >= 15 is 0 Å². The van der Waals surface area contributed by atoms with Crippen molar-refractivity contribution in [3.63, 3.8) is 0 Å². The molecule has 0 fully saturated rings. The first-order chi connectivity index (χ1) is 17.4. The highest BCUT2D eigenvalue weighted by Gasteiger charge is 2.28. The van der Waals surface area contributed by atoms with Crippen LogP contribution in [0, 0.1) is 0 Å². The van der Waals surface area contributed by atoms with Gasteiger partial charge < -0.3 is 19.3 Å². The minimum atomic E-state index is -1.41. The van der Waals surface area contributed by atoms with Crippen LogP contribution in [-0.4, -0.2) is 48.8 Å². The third-order valence-electron chi connectivity index (χ3n) is 5.74. The Kier molecular flexibility index (Phi) is 15.9. The van der Waals surface area contributed by atoms with E-state index in [-0.39, 0.29) is 36.5 Å². The lowest BCUT2D eigenvalue weighted by Crippen LogP contribution is -2.20. The number of rotatable bonds is 19. The monoisotopic (exact) mass is 506 g/mol. The number of ether oxygens (including phenoxy) is 3. The van der Waals surface area contributed by atoms with E-state index in [1.54, 1.807) is 0 Å². The predicted molar refractivity (Wildman–Crippen MR) is 137 cm³/mol. The van der Waals surface area contributed by atoms with Crippen molar-refractivity contribution in [2.24, 2.45) is 0 Å². The molecule has 1 aromatic rings. The molecule has 0 saturated carbocycles. The summed E-state index contributed by atoms with van der Waals surface area (Å²) in [5.41, 5.74) is -1.16. The van der Waals surface area contributed by atoms with Crippen LogP contribution in [0.5, 0.6) is 0 Å². The molecule has 0 aliphatic heterocycles. The zero-order chi connectivity index (χ0) is 26.8. The highest BCUT2D eigenvalue weighted by molar-refractivity contribution is 6.10. The molecule has 0 aliphatic rings. The van der Waals surface area contributed by atoms with Crippen molar-refractivity contribution in [3.05, 3.63) is 34.4 Å². The number of unbranched alkanes of at least 4 members (excludes halogenated alkanes) is 9. The molecule has 8 nitrogen and oxygen atoms in total. The third-order valence-corrected chi connectivity index (χ3v) is 5.74. The van der Waals surface area contributed by atoms with E-state index in [1.165, 1.54) is 0 Å². The van der Waals surface area contributed by atoms with E-state index in [4.69, 9.17) is 14.2 Å². The normalized spacial score (nSPS) is 10.6. The number of carboxylic acids is 1. The maximum atomic E-state index is 12.9. The van der Waals surface area contributed by atoms with Crippen LogP contribution in [0.4, 0.5) is 0 Å². The first kappa shape index (κ1) is 31.1. The van der Waals surface area contributed by atoms with E-state index < -0.39 is 29.4 Å². The van der Waals surface area contributed by atoms with Gasteiger partial charge in [-0.05, 0) is 31.4 Å². The molecule has 1 rings (SSSR count). The Bertz CT molecular complexity index is 846. The van der Waals surface area contributed by atoms with Crippen LogP contribution in [0.25, 0.3) is 0 Å². The average Bonchev–Trinajstić information content (AvgIpc) is 2.87. The lowest BCUT2D eigenvalue weighted by molar-refractivity contribution is 0.0446. The number of esters is 3. The number of aromatic carboxylic acids is 1. The summed E-state index contributed by atoms with van der Waals surface area (Å²) < 4.78 is 15.9. The Hall–Kier alpha value is -2.90. The summed E-state index contributed by atoms with van der Waals surface area (Å²) in [5, 5.41) is 9.71. The van der Waals surface area contributed by atoms with Crippen LogP contribution < -0.4 is 0 Å². The van der Waals surface area contributed by atoms with E-state index in [2.05, 4.69) is 20.8 Å². The summed E-state index contributed by atoms with van der Waals surface area (Å²) in [6, 6.07) is 2.10. The number of benzene rings is 1. The number of carbonyl (C=O) groups excluding carboxylic acids is 3. The van der Waals surface area contributed by atoms with E-state index in [9.17, 15) is 24.3 Å². The maximum Gasteiger partial charge on any atom is 0.339 e. The lowest BCUT2D eigenvalue weighted by atomic mass is 9.98. The minimum absolute atomic E-state index is 0.136. The van der Waals surface area contributed by atoms with Crippen LogP contribution >= 0.6 is 0 Å². The van der Waals surface area contributed by atoms with Gasteiger partial charge >= 0.3 is 23.9 Å². The van der Waals surface area contributed by atoms with Gasteiger partial charge in [-0.25, -0.2) is 19.2 Å². The van der Waals surface area contributed by atoms with E-state index in [0.29, 0.717) is 19.3 Å². The third kappa shape index (κ3) is 11.2. The van der Waals surface area contributed by atoms with E-state index in [1.807, 2.05) is 0 Å². The Balaban J connectivity index is 3.17. The molecule has 0 spiro atoms. The van der Waals surface area contributed by atoms with Crippen molar-refractivity contribution >= 4 is 23.9 Å². The van der Waals surface area contributed by atoms with Crippen molar-refractivity contribution in [1.29, 1.82) is 0 Å². The molecule has 1 N–H and O–H groups in total. The number of hydrogen-bond acceptors (Lipinski definition) is 7. The van der Waals surface area contributed by atoms with Crippen LogP contribution in [0.3, 0.4) is 0 Å². The molecule has 0 bridgehead atoms. The van der Waals surface area contributed by atoms with Gasteiger partial charge in [0.2, 0.25) is 0 Å². The summed E-state index contributed by atoms with van der Waals surface area (Å²) in [4.78, 5) is 50.3. The first-order valence-corrected chi connectivity index (χ1v) is 13.3. The maximum absolute atomic E-state index is 12.9. The van der Waals surface area contributed by atoms with Gasteiger partial charge in [0.1, 0.15) is 0 Å². The predicted octanol–water partition coefficient (Wildman–Crippen LogP) is 6.60. The number of carbonyl (C=O) groups is 4. The fraction of sp³-hybridized carbons (Fsp3) is 0.643. The van der Waals surface area contributed by atoms with Gasteiger partial charge in [-0.15, -0.1) is 0 Å². The molecule has 0 atom stereocenters. The van der Waals surface area contributed by atoms with Crippen LogP contribution in [-0.2, 0) is 14.2 Å². The summed E-state index contributed by atoms with van der Waals surface area (Å²) in [7, 11) is 0. The second-order valence-electron chi connectivity index (χ2n) is 8.84. The number of carboxylic acid groups (broad SMARTS) is 1. The van der Waals surface area contributed by atoms with Gasteiger partial charge in [0.05, 0.1) is 42.1 Å². The first-order valence-electron chi connectivity index (χ1n) is 13.3. The van der Waals surface area contributed by atoms with Crippen molar-refractivity contribution in [2.45, 2.75) is 97.8 Å². The zero-order valence-electron chi connectivity index (χ0n) is 22.1. The molecule has 0 aliphatic carbocycles. The Labute approximate surface area is 214 Å². The van der Waals surface area contributed by atoms with Crippen molar-refractivity contribution in [1.82, 2.24) is 0 Å². The molecule has 36 heavy (non-hydrogen) atoms. The molecule has 8 heteroatoms. The molecule has 202 valence electrons. The quantitative estimate of drug-likeness (QED) is 0.127. The Morgan fingerprint density at radius 3 is 1.14 bits per heavy atom. The number of hydrogen-bond donors (Lipinski definition) is 1. The molecule has 0 saturated heterocycles. The van der Waals surface area contributed by atoms with E-state index in [0.717, 1.165) is 69.9 Å². The van der Waals surface area contributed by atoms with Crippen molar-refractivity contribution in [2.75, 3.05) is 19.8 Å². The van der Waals surface area contributed by atoms with Crippen molar-refractivity contribution < 1.29 is 38.5 Å². The summed E-state index contributed by atoms with van der Waals surface area (Å²) >= 11 is 0. The molecule has 0 aromatic heterocycles. The van der Waals surface area contributed by atoms with Gasteiger partial charge in [-0.2, -0.15) is 0 Å². The molecule has 1 aromatic carbocycles. The molecule has 0 radical (unpaired) electrons. The molecular formula is C28H42O8. The summed E-state index contributed by atoms with van der Waals surface area (Å²) in [5.74, 6) is -3.91. The summed E-state index contributed by atoms with van der Waals surface area (Å²) in [6.45, 7) is 6.64. The molecule has 0 heterocycles. The molecular weight excluding hydrogens is 464 g/mol. The topological polar surface area (TPSA) is 116 Å². The standard InChI is InChI=1S/C28H42O8/c1-4-7-10-13-16-34-26(31)22-20-24(28(33)36-18-15-12-9-6-3)23(19-21(22)25(29)30)27(32)35-17-14-11-8-5-2/h19-20H,4-18H2,1-3H3,(H,29,30).